The summed E-state index contributed by atoms with van der Waals surface area (Å²) in [7, 11) is -3.07. The first kappa shape index (κ1) is 29.9. The maximum absolute atomic E-state index is 6.63. The lowest BCUT2D eigenvalue weighted by Crippen LogP contribution is -2.44. The van der Waals surface area contributed by atoms with Crippen molar-refractivity contribution in [3.63, 3.8) is 0 Å². The van der Waals surface area contributed by atoms with Gasteiger partial charge in [-0.25, -0.2) is 0 Å². The molecule has 154 valence electrons. The lowest BCUT2D eigenvalue weighted by Gasteiger charge is -2.34. The van der Waals surface area contributed by atoms with E-state index in [1.54, 1.807) is 0 Å². The average Bonchev–Trinajstić information content (AvgIpc) is 2.49. The highest BCUT2D eigenvalue weighted by atomic mass is 28.4. The van der Waals surface area contributed by atoms with Gasteiger partial charge in [-0.1, -0.05) is 66.8 Å². The van der Waals surface area contributed by atoms with Gasteiger partial charge >= 0.3 is 0 Å². The SMILES string of the molecule is C.C.C.C=Cc1cccc(OCCC[Si](C)(C)O[Si](C)(C)CCCC)c1. The molecule has 0 heterocycles. The second-order valence-corrected chi connectivity index (χ2v) is 16.3. The first-order chi connectivity index (χ1) is 10.8. The fourth-order valence-corrected chi connectivity index (χ4v) is 11.9. The summed E-state index contributed by atoms with van der Waals surface area (Å²) in [6.45, 7) is 16.3. The molecule has 0 N–H and O–H groups in total. The molecule has 0 saturated carbocycles. The minimum absolute atomic E-state index is 0. The van der Waals surface area contributed by atoms with Crippen LogP contribution in [-0.2, 0) is 4.12 Å². The summed E-state index contributed by atoms with van der Waals surface area (Å²) in [5, 5.41) is 0. The third-order valence-electron chi connectivity index (χ3n) is 3.97. The maximum Gasteiger partial charge on any atom is 0.173 e. The average molecular weight is 399 g/mol. The molecule has 0 aliphatic carbocycles. The Kier molecular flexibility index (Phi) is 16.4. The summed E-state index contributed by atoms with van der Waals surface area (Å²) in [5.41, 5.74) is 1.10. The number of ether oxygens (including phenoxy) is 1. The van der Waals surface area contributed by atoms with Crippen molar-refractivity contribution in [1.29, 1.82) is 0 Å². The standard InChI is InChI=1S/C19H34O2Si2.3CH4/c1-7-9-15-22(3,4)21-23(5,6)16-11-14-20-19-13-10-12-18(8-2)17-19;;;/h8,10,12-13,17H,2,7,9,11,14-16H2,1,3-6H3;3*1H4. The van der Waals surface area contributed by atoms with E-state index < -0.39 is 16.6 Å². The van der Waals surface area contributed by atoms with Gasteiger partial charge in [-0.3, -0.25) is 0 Å². The lowest BCUT2D eigenvalue weighted by atomic mass is 10.2. The van der Waals surface area contributed by atoms with Crippen LogP contribution in [0.5, 0.6) is 5.75 Å². The molecule has 26 heavy (non-hydrogen) atoms. The summed E-state index contributed by atoms with van der Waals surface area (Å²) in [6.07, 6.45) is 5.47. The molecule has 1 rings (SSSR count). The van der Waals surface area contributed by atoms with Crippen LogP contribution >= 0.6 is 0 Å². The van der Waals surface area contributed by atoms with Crippen LogP contribution in [0.3, 0.4) is 0 Å². The number of rotatable bonds is 11. The van der Waals surface area contributed by atoms with Gasteiger partial charge in [-0.05, 0) is 62.4 Å². The summed E-state index contributed by atoms with van der Waals surface area (Å²) in [5.74, 6) is 0.931. The van der Waals surface area contributed by atoms with Crippen molar-refractivity contribution < 1.29 is 8.85 Å². The molecule has 0 bridgehead atoms. The first-order valence-electron chi connectivity index (χ1n) is 8.83. The third kappa shape index (κ3) is 12.5. The molecule has 1 aromatic rings. The smallest absolute Gasteiger partial charge is 0.173 e. The summed E-state index contributed by atoms with van der Waals surface area (Å²) < 4.78 is 12.5. The number of hydrogen-bond acceptors (Lipinski definition) is 2. The molecule has 0 unspecified atom stereocenters. The van der Waals surface area contributed by atoms with Gasteiger partial charge in [0.1, 0.15) is 5.75 Å². The van der Waals surface area contributed by atoms with Crippen molar-refractivity contribution in [2.24, 2.45) is 0 Å². The Morgan fingerprint density at radius 1 is 0.962 bits per heavy atom. The van der Waals surface area contributed by atoms with Crippen LogP contribution in [0.1, 0.15) is 54.0 Å². The third-order valence-corrected chi connectivity index (χ3v) is 11.5. The number of benzene rings is 1. The van der Waals surface area contributed by atoms with Crippen molar-refractivity contribution >= 4 is 22.7 Å². The number of hydrogen-bond donors (Lipinski definition) is 0. The first-order valence-corrected chi connectivity index (χ1v) is 15.1. The second-order valence-electron chi connectivity index (χ2n) is 7.45. The molecule has 0 aliphatic rings. The van der Waals surface area contributed by atoms with Gasteiger partial charge in [-0.2, -0.15) is 0 Å². The molecule has 0 amide bonds. The molecule has 0 saturated heterocycles. The zero-order valence-corrected chi connectivity index (χ0v) is 17.7. The van der Waals surface area contributed by atoms with Crippen molar-refractivity contribution in [2.75, 3.05) is 6.61 Å². The molecule has 0 radical (unpaired) electrons. The van der Waals surface area contributed by atoms with E-state index >= 15 is 0 Å². The topological polar surface area (TPSA) is 18.5 Å². The Morgan fingerprint density at radius 2 is 1.54 bits per heavy atom. The van der Waals surface area contributed by atoms with Crippen LogP contribution in [-0.4, -0.2) is 23.2 Å². The lowest BCUT2D eigenvalue weighted by molar-refractivity contribution is 0.314. The van der Waals surface area contributed by atoms with Crippen LogP contribution in [0.25, 0.3) is 6.08 Å². The minimum Gasteiger partial charge on any atom is -0.494 e. The van der Waals surface area contributed by atoms with E-state index in [9.17, 15) is 0 Å². The van der Waals surface area contributed by atoms with Crippen LogP contribution in [0, 0.1) is 0 Å². The van der Waals surface area contributed by atoms with Gasteiger partial charge in [0.05, 0.1) is 6.61 Å². The normalized spacial score (nSPS) is 10.8. The van der Waals surface area contributed by atoms with Gasteiger partial charge in [0.2, 0.25) is 0 Å². The molecular weight excluding hydrogens is 352 g/mol. The highest BCUT2D eigenvalue weighted by Gasteiger charge is 2.32. The van der Waals surface area contributed by atoms with Gasteiger partial charge < -0.3 is 8.85 Å². The Morgan fingerprint density at radius 3 is 2.08 bits per heavy atom. The van der Waals surface area contributed by atoms with E-state index in [1.807, 2.05) is 30.3 Å². The summed E-state index contributed by atoms with van der Waals surface area (Å²) >= 11 is 0. The molecule has 2 nitrogen and oxygen atoms in total. The fraction of sp³-hybridized carbons (Fsp3) is 0.636. The monoisotopic (exact) mass is 398 g/mol. The Labute approximate surface area is 167 Å². The number of unbranched alkanes of at least 4 members (excludes halogenated alkanes) is 1. The van der Waals surface area contributed by atoms with Crippen molar-refractivity contribution in [2.45, 2.75) is 86.7 Å². The summed E-state index contributed by atoms with van der Waals surface area (Å²) in [6, 6.07) is 10.5. The van der Waals surface area contributed by atoms with E-state index in [4.69, 9.17) is 8.85 Å². The van der Waals surface area contributed by atoms with E-state index in [1.165, 1.54) is 18.9 Å². The van der Waals surface area contributed by atoms with Crippen LogP contribution in [0.2, 0.25) is 38.3 Å². The van der Waals surface area contributed by atoms with E-state index in [0.717, 1.165) is 30.4 Å². The predicted octanol–water partition coefficient (Wildman–Crippen LogP) is 8.23. The van der Waals surface area contributed by atoms with Crippen molar-refractivity contribution in [3.05, 3.63) is 36.4 Å². The van der Waals surface area contributed by atoms with Crippen molar-refractivity contribution in [3.8, 4) is 5.75 Å². The fourth-order valence-electron chi connectivity index (χ4n) is 2.87. The highest BCUT2D eigenvalue weighted by molar-refractivity contribution is 6.84. The Bertz CT molecular complexity index is 485. The molecule has 0 aliphatic heterocycles. The zero-order valence-electron chi connectivity index (χ0n) is 15.7. The van der Waals surface area contributed by atoms with Crippen molar-refractivity contribution in [1.82, 2.24) is 0 Å². The predicted molar refractivity (Wildman–Crippen MR) is 127 cm³/mol. The van der Waals surface area contributed by atoms with Crippen LogP contribution < -0.4 is 4.74 Å². The maximum atomic E-state index is 6.63. The molecule has 1 aromatic carbocycles. The largest absolute Gasteiger partial charge is 0.494 e. The molecule has 0 atom stereocenters. The molecule has 0 spiro atoms. The van der Waals surface area contributed by atoms with Crippen LogP contribution in [0.4, 0.5) is 0 Å². The summed E-state index contributed by atoms with van der Waals surface area (Å²) in [4.78, 5) is 0. The zero-order chi connectivity index (χ0) is 17.3. The van der Waals surface area contributed by atoms with E-state index in [2.05, 4.69) is 39.7 Å². The van der Waals surface area contributed by atoms with E-state index in [0.29, 0.717) is 0 Å². The van der Waals surface area contributed by atoms with Gasteiger partial charge in [0, 0.05) is 0 Å². The van der Waals surface area contributed by atoms with Crippen LogP contribution in [0.15, 0.2) is 30.8 Å². The molecular formula is C22H46O2Si2. The molecule has 0 fully saturated rings. The highest BCUT2D eigenvalue weighted by Crippen LogP contribution is 2.24. The molecule has 0 aromatic heterocycles. The van der Waals surface area contributed by atoms with E-state index in [-0.39, 0.29) is 22.3 Å². The molecule has 4 heteroatoms. The second kappa shape index (κ2) is 14.2. The van der Waals surface area contributed by atoms with Gasteiger partial charge in [0.15, 0.2) is 16.6 Å². The minimum atomic E-state index is -1.58. The van der Waals surface area contributed by atoms with Gasteiger partial charge in [0.25, 0.3) is 0 Å². The Balaban J connectivity index is -0.00000176. The quantitative estimate of drug-likeness (QED) is 0.276. The Hall–Kier alpha value is -0.846. The van der Waals surface area contributed by atoms with Gasteiger partial charge in [-0.15, -0.1) is 0 Å².